The van der Waals surface area contributed by atoms with E-state index < -0.39 is 20.4 Å². The molecule has 6 rings (SSSR count). The first-order valence-corrected chi connectivity index (χ1v) is 10.2. The summed E-state index contributed by atoms with van der Waals surface area (Å²) in [4.78, 5) is 17.1. The van der Waals surface area contributed by atoms with Crippen molar-refractivity contribution in [1.82, 2.24) is 4.98 Å². The lowest BCUT2D eigenvalue weighted by Crippen LogP contribution is -2.66. The summed E-state index contributed by atoms with van der Waals surface area (Å²) in [6.45, 7) is 0. The molecule has 3 unspecified atom stereocenters. The summed E-state index contributed by atoms with van der Waals surface area (Å²) < 4.78 is 0. The molecule has 4 N–H and O–H groups in total. The number of nitrogens with zero attached hydrogens (tertiary/aromatic N) is 1. The number of anilines is 2. The normalized spacial score (nSPS) is 46.0. The highest BCUT2D eigenvalue weighted by molar-refractivity contribution is 8.49. The molecule has 0 radical (unpaired) electrons. The van der Waals surface area contributed by atoms with Crippen LogP contribution in [0.5, 0.6) is 0 Å². The number of amides is 1. The Hall–Kier alpha value is -2.05. The van der Waals surface area contributed by atoms with Crippen LogP contribution in [0, 0.1) is 0 Å². The third-order valence-corrected chi connectivity index (χ3v) is 11.5. The highest BCUT2D eigenvalue weighted by atomic mass is 32.3. The maximum Gasteiger partial charge on any atom is 0.261 e. The molecular weight excluding hydrogens is 320 g/mol. The Labute approximate surface area is 141 Å². The van der Waals surface area contributed by atoms with Crippen LogP contribution in [0.2, 0.25) is 0 Å². The van der Waals surface area contributed by atoms with E-state index >= 15 is 0 Å². The quantitative estimate of drug-likeness (QED) is 0.695. The van der Waals surface area contributed by atoms with Gasteiger partial charge >= 0.3 is 0 Å². The van der Waals surface area contributed by atoms with Gasteiger partial charge in [0, 0.05) is 16.7 Å². The van der Waals surface area contributed by atoms with Gasteiger partial charge in [0.1, 0.15) is 0 Å². The van der Waals surface area contributed by atoms with Crippen LogP contribution in [0.1, 0.15) is 12.0 Å². The molecule has 4 aliphatic rings. The van der Waals surface area contributed by atoms with Crippen molar-refractivity contribution in [3.8, 4) is 0 Å². The fraction of sp³-hybridized carbons (Fsp3) is 0.333. The molecule has 5 atom stereocenters. The van der Waals surface area contributed by atoms with Crippen molar-refractivity contribution in [3.05, 3.63) is 54.2 Å². The van der Waals surface area contributed by atoms with Gasteiger partial charge in [-0.25, -0.2) is 4.98 Å². The van der Waals surface area contributed by atoms with Crippen LogP contribution in [0.15, 0.2) is 48.7 Å². The highest BCUT2D eigenvalue weighted by Crippen LogP contribution is 3.01. The predicted octanol–water partition coefficient (Wildman–Crippen LogP) is 1.97. The average molecular weight is 338 g/mol. The smallest absolute Gasteiger partial charge is 0.261 e. The molecule has 0 saturated carbocycles. The molecule has 1 amide bonds. The summed E-state index contributed by atoms with van der Waals surface area (Å²) in [5.41, 5.74) is 8.16. The molecule has 2 aromatic rings. The Bertz CT molecular complexity index is 905. The molecule has 122 valence electrons. The van der Waals surface area contributed by atoms with Gasteiger partial charge in [0.05, 0.1) is 11.2 Å². The fourth-order valence-corrected chi connectivity index (χ4v) is 11.0. The van der Waals surface area contributed by atoms with Gasteiger partial charge in [-0.3, -0.25) is 4.79 Å². The van der Waals surface area contributed by atoms with Crippen molar-refractivity contribution in [2.45, 2.75) is 27.3 Å². The fourth-order valence-electron chi connectivity index (χ4n) is 5.16. The van der Waals surface area contributed by atoms with Crippen LogP contribution >= 0.6 is 10.0 Å². The Kier molecular flexibility index (Phi) is 2.09. The average Bonchev–Trinajstić information content (AvgIpc) is 3.48. The first-order chi connectivity index (χ1) is 11.6. The molecule has 0 aliphatic carbocycles. The molecule has 5 heterocycles. The number of rotatable bonds is 1. The molecule has 24 heavy (non-hydrogen) atoms. The predicted molar refractivity (Wildman–Crippen MR) is 96.2 cm³/mol. The summed E-state index contributed by atoms with van der Waals surface area (Å²) in [7, 11) is -1.01. The zero-order valence-electron chi connectivity index (χ0n) is 13.0. The number of fused-ring (bicyclic) bond motifs is 2. The molecule has 5 nitrogen and oxygen atoms in total. The second-order valence-corrected chi connectivity index (χ2v) is 11.2. The number of benzene rings is 1. The number of hydrogen-bond donors (Lipinski definition) is 3. The lowest BCUT2D eigenvalue weighted by Gasteiger charge is -2.49. The summed E-state index contributed by atoms with van der Waals surface area (Å²) in [6.07, 6.45) is 2.65. The van der Waals surface area contributed by atoms with E-state index in [-0.39, 0.29) is 5.91 Å². The summed E-state index contributed by atoms with van der Waals surface area (Å²) >= 11 is 0. The molecule has 1 aromatic heterocycles. The number of carbonyl (C=O) groups is 1. The van der Waals surface area contributed by atoms with Gasteiger partial charge in [-0.05, 0) is 29.9 Å². The first kappa shape index (κ1) is 13.3. The summed E-state index contributed by atoms with van der Waals surface area (Å²) in [5.74, 6) is 1.96. The van der Waals surface area contributed by atoms with E-state index in [1.54, 1.807) is 6.20 Å². The van der Waals surface area contributed by atoms with E-state index in [0.29, 0.717) is 5.25 Å². The first-order valence-electron chi connectivity index (χ1n) is 8.31. The lowest BCUT2D eigenvalue weighted by atomic mass is 9.78. The monoisotopic (exact) mass is 338 g/mol. The van der Waals surface area contributed by atoms with Crippen molar-refractivity contribution in [1.29, 1.82) is 0 Å². The maximum atomic E-state index is 13.4. The molecule has 0 bridgehead atoms. The second kappa shape index (κ2) is 3.78. The van der Waals surface area contributed by atoms with Crippen LogP contribution < -0.4 is 16.4 Å². The van der Waals surface area contributed by atoms with Gasteiger partial charge < -0.3 is 16.4 Å². The summed E-state index contributed by atoms with van der Waals surface area (Å²) in [5, 5.41) is 8.03. The van der Waals surface area contributed by atoms with E-state index in [2.05, 4.69) is 27.8 Å². The molecule has 6 heteroatoms. The van der Waals surface area contributed by atoms with Crippen molar-refractivity contribution < 1.29 is 4.79 Å². The zero-order valence-corrected chi connectivity index (χ0v) is 13.8. The van der Waals surface area contributed by atoms with Crippen LogP contribution in [0.3, 0.4) is 0 Å². The number of nitrogens with two attached hydrogens (primary N) is 1. The van der Waals surface area contributed by atoms with Gasteiger partial charge in [0.25, 0.3) is 5.91 Å². The largest absolute Gasteiger partial charge is 0.345 e. The van der Waals surface area contributed by atoms with E-state index in [9.17, 15) is 4.79 Å². The van der Waals surface area contributed by atoms with Crippen LogP contribution in [0.4, 0.5) is 11.5 Å². The van der Waals surface area contributed by atoms with Crippen molar-refractivity contribution in [2.24, 2.45) is 5.73 Å². The topological polar surface area (TPSA) is 80.0 Å². The molecule has 1 aromatic carbocycles. The molecule has 2 spiro atoms. The van der Waals surface area contributed by atoms with Gasteiger partial charge in [-0.2, -0.15) is 10.0 Å². The zero-order chi connectivity index (χ0) is 16.2. The maximum absolute atomic E-state index is 13.4. The molecular formula is C18H18N4OS. The Morgan fingerprint density at radius 2 is 2.00 bits per heavy atom. The van der Waals surface area contributed by atoms with Crippen LogP contribution in [-0.2, 0) is 10.3 Å². The number of nitrogens with one attached hydrogen (secondary N) is 2. The number of hydrogen-bond acceptors (Lipinski definition) is 4. The Balaban J connectivity index is 1.59. The molecule has 4 aliphatic heterocycles. The Morgan fingerprint density at radius 1 is 1.17 bits per heavy atom. The van der Waals surface area contributed by atoms with Gasteiger partial charge in [-0.15, -0.1) is 0 Å². The number of aromatic nitrogens is 1. The minimum Gasteiger partial charge on any atom is -0.345 e. The standard InChI is InChI=1S/C18H18N4OS/c19-17(11-5-2-1-3-6-11)9-13-14-10-24(13,14)18(17)16(23)21-12-7-4-8-20-15(12)22-18/h1-8,13-14H,9-10,19H2,(H,20,22)(H,21,23)/t13?,14?,17-,18-/m1/s1. The number of pyridine rings is 1. The molecule has 3 saturated heterocycles. The highest BCUT2D eigenvalue weighted by Gasteiger charge is 2.93. The summed E-state index contributed by atoms with van der Waals surface area (Å²) in [6, 6.07) is 13.8. The van der Waals surface area contributed by atoms with Crippen LogP contribution in [0.25, 0.3) is 0 Å². The number of carbonyl (C=O) groups excluding carboxylic acids is 1. The van der Waals surface area contributed by atoms with Crippen molar-refractivity contribution in [3.63, 3.8) is 0 Å². The third kappa shape index (κ3) is 1.18. The van der Waals surface area contributed by atoms with Gasteiger partial charge in [0.2, 0.25) is 0 Å². The second-order valence-electron chi connectivity index (χ2n) is 7.29. The van der Waals surface area contributed by atoms with Crippen LogP contribution in [-0.4, -0.2) is 32.0 Å². The Morgan fingerprint density at radius 3 is 2.79 bits per heavy atom. The van der Waals surface area contributed by atoms with E-state index in [1.165, 1.54) is 5.75 Å². The van der Waals surface area contributed by atoms with Gasteiger partial charge in [-0.1, -0.05) is 30.3 Å². The third-order valence-electron chi connectivity index (χ3n) is 6.42. The van der Waals surface area contributed by atoms with Gasteiger partial charge in [0.15, 0.2) is 10.7 Å². The van der Waals surface area contributed by atoms with E-state index in [4.69, 9.17) is 5.73 Å². The van der Waals surface area contributed by atoms with E-state index in [1.807, 2.05) is 30.3 Å². The minimum absolute atomic E-state index is 0.0341. The SMILES string of the molecule is N[C@@]1(c2ccccc2)CC2C3CS23[C@@]12Nc1ncccc1NC2=O. The molecule has 3 fully saturated rings. The van der Waals surface area contributed by atoms with Crippen molar-refractivity contribution in [2.75, 3.05) is 16.4 Å². The van der Waals surface area contributed by atoms with Crippen molar-refractivity contribution >= 4 is 27.4 Å². The lowest BCUT2D eigenvalue weighted by molar-refractivity contribution is -0.119. The minimum atomic E-state index is -1.01. The van der Waals surface area contributed by atoms with E-state index in [0.717, 1.165) is 28.7 Å².